The molecule has 8 heteroatoms. The second-order valence-electron chi connectivity index (χ2n) is 5.08. The Kier molecular flexibility index (Phi) is 5.32. The van der Waals surface area contributed by atoms with Gasteiger partial charge < -0.3 is 26.5 Å². The van der Waals surface area contributed by atoms with E-state index in [2.05, 4.69) is 15.6 Å². The van der Waals surface area contributed by atoms with Gasteiger partial charge in [-0.1, -0.05) is 18.2 Å². The first kappa shape index (κ1) is 16.5. The average Bonchev–Trinajstić information content (AvgIpc) is 2.92. The van der Waals surface area contributed by atoms with Crippen molar-refractivity contribution in [3.63, 3.8) is 0 Å². The molecule has 0 saturated heterocycles. The van der Waals surface area contributed by atoms with Gasteiger partial charge in [0.25, 0.3) is 0 Å². The molecule has 0 bridgehead atoms. The fourth-order valence-corrected chi connectivity index (χ4v) is 2.11. The number of aromatic amines is 1. The summed E-state index contributed by atoms with van der Waals surface area (Å²) in [4.78, 5) is 36.6. The monoisotopic (exact) mass is 318 g/mol. The standard InChI is InChI=1S/C15H18N4O4/c16-11(15(23)18-7-13(20)17-8-14(21)22)6-10-5-9-3-1-2-4-12(9)19-10/h1-5,11,19H,6-8,16H2,(H,17,20)(H,18,23)(H,21,22)/t11-/m0/s1. The fraction of sp³-hybridized carbons (Fsp3) is 0.267. The number of amides is 2. The third-order valence-corrected chi connectivity index (χ3v) is 3.22. The summed E-state index contributed by atoms with van der Waals surface area (Å²) in [6, 6.07) is 8.82. The van der Waals surface area contributed by atoms with Crippen LogP contribution >= 0.6 is 0 Å². The van der Waals surface area contributed by atoms with Crippen LogP contribution in [0, 0.1) is 0 Å². The lowest BCUT2D eigenvalue weighted by Gasteiger charge is -2.11. The average molecular weight is 318 g/mol. The van der Waals surface area contributed by atoms with Crippen molar-refractivity contribution >= 4 is 28.7 Å². The lowest BCUT2D eigenvalue weighted by molar-refractivity contribution is -0.137. The van der Waals surface area contributed by atoms with Crippen LogP contribution in [-0.4, -0.2) is 47.0 Å². The van der Waals surface area contributed by atoms with Crippen LogP contribution in [0.5, 0.6) is 0 Å². The number of hydrogen-bond acceptors (Lipinski definition) is 4. The Bertz CT molecular complexity index is 692. The molecule has 2 rings (SSSR count). The summed E-state index contributed by atoms with van der Waals surface area (Å²) >= 11 is 0. The van der Waals surface area contributed by atoms with Gasteiger partial charge in [-0.3, -0.25) is 14.4 Å². The first-order valence-corrected chi connectivity index (χ1v) is 7.04. The molecular formula is C15H18N4O4. The summed E-state index contributed by atoms with van der Waals surface area (Å²) in [5, 5.41) is 14.0. The molecule has 1 heterocycles. The molecule has 0 unspecified atom stereocenters. The predicted molar refractivity (Wildman–Crippen MR) is 83.6 cm³/mol. The maximum atomic E-state index is 11.9. The Morgan fingerprint density at radius 3 is 2.61 bits per heavy atom. The van der Waals surface area contributed by atoms with E-state index in [9.17, 15) is 14.4 Å². The Morgan fingerprint density at radius 2 is 1.91 bits per heavy atom. The summed E-state index contributed by atoms with van der Waals surface area (Å²) in [6.45, 7) is -0.803. The molecule has 1 atom stereocenters. The third kappa shape index (κ3) is 4.82. The number of carboxylic acid groups (broad SMARTS) is 1. The van der Waals surface area contributed by atoms with Gasteiger partial charge in [0.2, 0.25) is 11.8 Å². The second kappa shape index (κ2) is 7.41. The molecule has 23 heavy (non-hydrogen) atoms. The molecule has 122 valence electrons. The van der Waals surface area contributed by atoms with Gasteiger partial charge in [-0.25, -0.2) is 0 Å². The van der Waals surface area contributed by atoms with Crippen molar-refractivity contribution < 1.29 is 19.5 Å². The smallest absolute Gasteiger partial charge is 0.322 e. The predicted octanol–water partition coefficient (Wildman–Crippen LogP) is -0.645. The number of carbonyl (C=O) groups is 3. The number of nitrogens with one attached hydrogen (secondary N) is 3. The minimum atomic E-state index is -1.15. The van der Waals surface area contributed by atoms with Gasteiger partial charge in [0, 0.05) is 17.6 Å². The number of para-hydroxylation sites is 1. The van der Waals surface area contributed by atoms with Crippen LogP contribution < -0.4 is 16.4 Å². The van der Waals surface area contributed by atoms with Gasteiger partial charge >= 0.3 is 5.97 Å². The van der Waals surface area contributed by atoms with Crippen LogP contribution in [-0.2, 0) is 20.8 Å². The lowest BCUT2D eigenvalue weighted by Crippen LogP contribution is -2.46. The van der Waals surface area contributed by atoms with E-state index in [-0.39, 0.29) is 6.54 Å². The number of H-pyrrole nitrogens is 1. The van der Waals surface area contributed by atoms with Crippen molar-refractivity contribution in [3.05, 3.63) is 36.0 Å². The highest BCUT2D eigenvalue weighted by molar-refractivity contribution is 5.89. The molecule has 1 aromatic heterocycles. The minimum absolute atomic E-state index is 0.303. The molecule has 0 spiro atoms. The van der Waals surface area contributed by atoms with Gasteiger partial charge in [0.05, 0.1) is 12.6 Å². The summed E-state index contributed by atoms with van der Waals surface area (Å²) in [5.41, 5.74) is 7.61. The maximum absolute atomic E-state index is 11.9. The number of carboxylic acids is 1. The zero-order valence-electron chi connectivity index (χ0n) is 12.3. The number of aliphatic carboxylic acids is 1. The van der Waals surface area contributed by atoms with E-state index in [1.807, 2.05) is 30.3 Å². The Hall–Kier alpha value is -2.87. The van der Waals surface area contributed by atoms with E-state index in [4.69, 9.17) is 10.8 Å². The van der Waals surface area contributed by atoms with Crippen LogP contribution in [0.15, 0.2) is 30.3 Å². The number of aromatic nitrogens is 1. The number of carbonyl (C=O) groups excluding carboxylic acids is 2. The molecule has 6 N–H and O–H groups in total. The van der Waals surface area contributed by atoms with Crippen molar-refractivity contribution in [2.45, 2.75) is 12.5 Å². The van der Waals surface area contributed by atoms with Crippen LogP contribution in [0.3, 0.4) is 0 Å². The number of fused-ring (bicyclic) bond motifs is 1. The lowest BCUT2D eigenvalue weighted by atomic mass is 10.1. The first-order valence-electron chi connectivity index (χ1n) is 7.04. The molecule has 8 nitrogen and oxygen atoms in total. The fourth-order valence-electron chi connectivity index (χ4n) is 2.11. The zero-order valence-corrected chi connectivity index (χ0v) is 12.3. The van der Waals surface area contributed by atoms with E-state index in [0.29, 0.717) is 6.42 Å². The second-order valence-corrected chi connectivity index (χ2v) is 5.08. The van der Waals surface area contributed by atoms with Gasteiger partial charge in [0.15, 0.2) is 0 Å². The molecule has 0 aliphatic rings. The van der Waals surface area contributed by atoms with Crippen molar-refractivity contribution in [3.8, 4) is 0 Å². The molecule has 0 aliphatic heterocycles. The highest BCUT2D eigenvalue weighted by Crippen LogP contribution is 2.15. The summed E-state index contributed by atoms with van der Waals surface area (Å²) in [6.07, 6.45) is 0.303. The largest absolute Gasteiger partial charge is 0.480 e. The molecule has 2 aromatic rings. The van der Waals surface area contributed by atoms with Gasteiger partial charge in [-0.05, 0) is 17.5 Å². The van der Waals surface area contributed by atoms with Crippen molar-refractivity contribution in [1.82, 2.24) is 15.6 Å². The van der Waals surface area contributed by atoms with E-state index in [1.54, 1.807) is 0 Å². The Balaban J connectivity index is 1.82. The van der Waals surface area contributed by atoms with Crippen LogP contribution in [0.4, 0.5) is 0 Å². The number of benzene rings is 1. The quantitative estimate of drug-likeness (QED) is 0.462. The molecule has 0 fully saturated rings. The molecule has 2 amide bonds. The van der Waals surface area contributed by atoms with E-state index >= 15 is 0 Å². The van der Waals surface area contributed by atoms with Crippen molar-refractivity contribution in [2.24, 2.45) is 5.73 Å². The van der Waals surface area contributed by atoms with Crippen molar-refractivity contribution in [1.29, 1.82) is 0 Å². The van der Waals surface area contributed by atoms with Gasteiger partial charge in [-0.15, -0.1) is 0 Å². The molecule has 0 radical (unpaired) electrons. The maximum Gasteiger partial charge on any atom is 0.322 e. The third-order valence-electron chi connectivity index (χ3n) is 3.22. The highest BCUT2D eigenvalue weighted by Gasteiger charge is 2.16. The molecule has 0 saturated carbocycles. The Morgan fingerprint density at radius 1 is 1.17 bits per heavy atom. The Labute approximate surface area is 132 Å². The first-order chi connectivity index (χ1) is 11.0. The minimum Gasteiger partial charge on any atom is -0.480 e. The SMILES string of the molecule is N[C@@H](Cc1cc2ccccc2[nH]1)C(=O)NCC(=O)NCC(=O)O. The number of rotatable bonds is 7. The van der Waals surface area contributed by atoms with Crippen LogP contribution in [0.25, 0.3) is 10.9 Å². The summed E-state index contributed by atoms with van der Waals surface area (Å²) in [7, 11) is 0. The highest BCUT2D eigenvalue weighted by atomic mass is 16.4. The van der Waals surface area contributed by atoms with Gasteiger partial charge in [-0.2, -0.15) is 0 Å². The summed E-state index contributed by atoms with van der Waals surface area (Å²) in [5.74, 6) is -2.21. The molecular weight excluding hydrogens is 300 g/mol. The van der Waals surface area contributed by atoms with Crippen LogP contribution in [0.1, 0.15) is 5.69 Å². The topological polar surface area (TPSA) is 137 Å². The normalized spacial score (nSPS) is 11.9. The van der Waals surface area contributed by atoms with E-state index < -0.39 is 30.4 Å². The molecule has 1 aromatic carbocycles. The number of hydrogen-bond donors (Lipinski definition) is 5. The molecule has 0 aliphatic carbocycles. The number of nitrogens with two attached hydrogens (primary N) is 1. The summed E-state index contributed by atoms with van der Waals surface area (Å²) < 4.78 is 0. The van der Waals surface area contributed by atoms with Crippen LogP contribution in [0.2, 0.25) is 0 Å². The zero-order chi connectivity index (χ0) is 16.8. The van der Waals surface area contributed by atoms with E-state index in [1.165, 1.54) is 0 Å². The van der Waals surface area contributed by atoms with Crippen molar-refractivity contribution in [2.75, 3.05) is 13.1 Å². The van der Waals surface area contributed by atoms with Gasteiger partial charge in [0.1, 0.15) is 6.54 Å². The van der Waals surface area contributed by atoms with E-state index in [0.717, 1.165) is 16.6 Å².